The summed E-state index contributed by atoms with van der Waals surface area (Å²) in [4.78, 5) is 4.13. The van der Waals surface area contributed by atoms with Crippen LogP contribution in [0.2, 0.25) is 0 Å². The summed E-state index contributed by atoms with van der Waals surface area (Å²) in [6, 6.07) is 1.92. The summed E-state index contributed by atoms with van der Waals surface area (Å²) < 4.78 is 0. The Balaban J connectivity index is 1.64. The highest BCUT2D eigenvalue weighted by Crippen LogP contribution is 2.26. The van der Waals surface area contributed by atoms with Crippen LogP contribution in [-0.2, 0) is 0 Å². The van der Waals surface area contributed by atoms with E-state index in [1.165, 1.54) is 5.57 Å². The van der Waals surface area contributed by atoms with E-state index in [2.05, 4.69) is 33.2 Å². The van der Waals surface area contributed by atoms with Crippen LogP contribution >= 0.6 is 0 Å². The first-order chi connectivity index (χ1) is 13.0. The van der Waals surface area contributed by atoms with Crippen LogP contribution < -0.4 is 21.3 Å². The average molecular weight is 368 g/mol. The van der Waals surface area contributed by atoms with Gasteiger partial charge in [-0.2, -0.15) is 0 Å². The molecule has 1 aromatic rings. The lowest BCUT2D eigenvalue weighted by atomic mass is 10.00. The maximum atomic E-state index is 10.4. The quantitative estimate of drug-likeness (QED) is 0.374. The fourth-order valence-electron chi connectivity index (χ4n) is 2.83. The van der Waals surface area contributed by atoms with E-state index in [9.17, 15) is 5.11 Å². The largest absolute Gasteiger partial charge is 0.361 e. The van der Waals surface area contributed by atoms with Gasteiger partial charge in [-0.1, -0.05) is 18.6 Å². The highest BCUT2D eigenvalue weighted by Gasteiger charge is 2.18. The van der Waals surface area contributed by atoms with E-state index in [1.807, 2.05) is 31.3 Å². The molecule has 1 fully saturated rings. The number of aliphatic hydroxyl groups is 1. The summed E-state index contributed by atoms with van der Waals surface area (Å²) in [6.07, 6.45) is 11.7. The lowest BCUT2D eigenvalue weighted by Gasteiger charge is -2.28. The van der Waals surface area contributed by atoms with Crippen molar-refractivity contribution in [2.24, 2.45) is 0 Å². The van der Waals surface area contributed by atoms with Crippen molar-refractivity contribution in [3.05, 3.63) is 59.2 Å². The molecule has 144 valence electrons. The molecule has 0 aromatic carbocycles. The van der Waals surface area contributed by atoms with Gasteiger partial charge in [-0.3, -0.25) is 4.98 Å². The van der Waals surface area contributed by atoms with Gasteiger partial charge in [0.2, 0.25) is 0 Å². The number of hydrogen-bond acceptors (Lipinski definition) is 7. The van der Waals surface area contributed by atoms with Crippen LogP contribution in [0.15, 0.2) is 53.7 Å². The number of aromatic nitrogens is 1. The highest BCUT2D eigenvalue weighted by atomic mass is 16.3. The monoisotopic (exact) mass is 368 g/mol. The van der Waals surface area contributed by atoms with Crippen LogP contribution in [0.1, 0.15) is 38.2 Å². The van der Waals surface area contributed by atoms with Gasteiger partial charge in [0.1, 0.15) is 0 Å². The molecule has 0 radical (unpaired) electrons. The number of allylic oxidation sites excluding steroid dienone is 4. The summed E-state index contributed by atoms with van der Waals surface area (Å²) in [5.41, 5.74) is 5.81. The summed E-state index contributed by atoms with van der Waals surface area (Å²) in [7, 11) is 0. The van der Waals surface area contributed by atoms with Crippen molar-refractivity contribution < 1.29 is 5.11 Å². The molecule has 7 nitrogen and oxygen atoms in total. The summed E-state index contributed by atoms with van der Waals surface area (Å²) in [6.45, 7) is 4.03. The summed E-state index contributed by atoms with van der Waals surface area (Å²) in [5, 5.41) is 31.1. The van der Waals surface area contributed by atoms with Crippen molar-refractivity contribution in [1.82, 2.24) is 20.9 Å². The van der Waals surface area contributed by atoms with Crippen LogP contribution in [0, 0.1) is 12.3 Å². The third-order valence-corrected chi connectivity index (χ3v) is 4.40. The van der Waals surface area contributed by atoms with Gasteiger partial charge in [0.15, 0.2) is 12.6 Å². The van der Waals surface area contributed by atoms with Gasteiger partial charge in [-0.15, -0.1) is 0 Å². The van der Waals surface area contributed by atoms with E-state index >= 15 is 0 Å². The molecule has 1 heterocycles. The van der Waals surface area contributed by atoms with Crippen molar-refractivity contribution in [1.29, 1.82) is 5.41 Å². The van der Waals surface area contributed by atoms with Crippen molar-refractivity contribution in [3.8, 4) is 0 Å². The molecule has 6 N–H and O–H groups in total. The van der Waals surface area contributed by atoms with E-state index in [0.29, 0.717) is 12.1 Å². The van der Waals surface area contributed by atoms with Crippen LogP contribution in [0.4, 0.5) is 5.69 Å². The van der Waals surface area contributed by atoms with E-state index in [1.54, 1.807) is 12.4 Å². The Kier molecular flexibility index (Phi) is 6.26. The molecule has 1 aromatic heterocycles. The first kappa shape index (κ1) is 19.1. The molecule has 2 aliphatic rings. The molecule has 2 atom stereocenters. The number of aliphatic hydroxyl groups excluding tert-OH is 1. The molecule has 0 amide bonds. The SMILES string of the molecule is CCC1=CC(=N)CC=C1NC(NC=C1CC1)NC(O)Nc1cncc(C)c1. The maximum absolute atomic E-state index is 10.4. The molecule has 0 saturated heterocycles. The molecule has 3 rings (SSSR count). The van der Waals surface area contributed by atoms with Crippen molar-refractivity contribution in [3.63, 3.8) is 0 Å². The lowest BCUT2D eigenvalue weighted by Crippen LogP contribution is -2.56. The zero-order chi connectivity index (χ0) is 19.2. The normalized spacial score (nSPS) is 18.2. The minimum Gasteiger partial charge on any atom is -0.361 e. The number of nitrogens with zero attached hydrogens (tertiary/aromatic N) is 1. The van der Waals surface area contributed by atoms with Gasteiger partial charge in [0, 0.05) is 24.0 Å². The Morgan fingerprint density at radius 3 is 2.81 bits per heavy atom. The first-order valence-electron chi connectivity index (χ1n) is 9.35. The first-order valence-corrected chi connectivity index (χ1v) is 9.35. The van der Waals surface area contributed by atoms with Gasteiger partial charge < -0.3 is 26.5 Å². The third-order valence-electron chi connectivity index (χ3n) is 4.40. The number of nitrogens with one attached hydrogen (secondary N) is 5. The second kappa shape index (κ2) is 8.83. The number of pyridine rings is 1. The van der Waals surface area contributed by atoms with Gasteiger partial charge in [-0.25, -0.2) is 5.32 Å². The Hall–Kier alpha value is -2.64. The molecule has 0 aliphatic heterocycles. The van der Waals surface area contributed by atoms with E-state index < -0.39 is 6.35 Å². The van der Waals surface area contributed by atoms with Gasteiger partial charge in [-0.05, 0) is 55.7 Å². The zero-order valence-electron chi connectivity index (χ0n) is 15.8. The summed E-state index contributed by atoms with van der Waals surface area (Å²) in [5.74, 6) is 0. The number of anilines is 1. The molecule has 0 spiro atoms. The number of rotatable bonds is 9. The molecule has 1 saturated carbocycles. The Labute approximate surface area is 160 Å². The van der Waals surface area contributed by atoms with Crippen molar-refractivity contribution in [2.45, 2.75) is 52.2 Å². The lowest BCUT2D eigenvalue weighted by molar-refractivity contribution is 0.138. The fourth-order valence-corrected chi connectivity index (χ4v) is 2.83. The second-order valence-electron chi connectivity index (χ2n) is 6.88. The van der Waals surface area contributed by atoms with Crippen LogP contribution in [0.3, 0.4) is 0 Å². The minimum atomic E-state index is -0.965. The predicted octanol–water partition coefficient (Wildman–Crippen LogP) is 2.45. The van der Waals surface area contributed by atoms with Gasteiger partial charge >= 0.3 is 0 Å². The second-order valence-corrected chi connectivity index (χ2v) is 6.88. The Morgan fingerprint density at radius 1 is 1.30 bits per heavy atom. The maximum Gasteiger partial charge on any atom is 0.184 e. The Bertz CT molecular complexity index is 776. The molecule has 7 heteroatoms. The van der Waals surface area contributed by atoms with E-state index in [0.717, 1.165) is 41.8 Å². The standard InChI is InChI=1S/C20H28N6O/c1-3-15-9-16(21)6-7-18(15)25-19(23-11-14-4-5-14)26-20(27)24-17-8-13(2)10-22-12-17/h7-12,19-21,23-27H,3-6H2,1-2H3. The predicted molar refractivity (Wildman–Crippen MR) is 108 cm³/mol. The molecular weight excluding hydrogens is 340 g/mol. The van der Waals surface area contributed by atoms with Crippen molar-refractivity contribution >= 4 is 11.4 Å². The van der Waals surface area contributed by atoms with E-state index in [-0.39, 0.29) is 6.29 Å². The van der Waals surface area contributed by atoms with Crippen molar-refractivity contribution in [2.75, 3.05) is 5.32 Å². The minimum absolute atomic E-state index is 0.369. The third kappa shape index (κ3) is 5.94. The van der Waals surface area contributed by atoms with Crippen LogP contribution in [0.25, 0.3) is 0 Å². The summed E-state index contributed by atoms with van der Waals surface area (Å²) >= 11 is 0. The molecule has 27 heavy (non-hydrogen) atoms. The Morgan fingerprint density at radius 2 is 2.11 bits per heavy atom. The van der Waals surface area contributed by atoms with Gasteiger partial charge in [0.05, 0.1) is 11.9 Å². The smallest absolute Gasteiger partial charge is 0.184 e. The number of aryl methyl sites for hydroxylation is 1. The average Bonchev–Trinajstić information content (AvgIpc) is 3.45. The van der Waals surface area contributed by atoms with Crippen LogP contribution in [0.5, 0.6) is 0 Å². The molecule has 2 aliphatic carbocycles. The van der Waals surface area contributed by atoms with Gasteiger partial charge in [0.25, 0.3) is 0 Å². The molecular formula is C20H28N6O. The zero-order valence-corrected chi connectivity index (χ0v) is 15.8. The highest BCUT2D eigenvalue weighted by molar-refractivity contribution is 5.96. The van der Waals surface area contributed by atoms with E-state index in [4.69, 9.17) is 5.41 Å². The molecule has 2 unspecified atom stereocenters. The number of hydrogen-bond donors (Lipinski definition) is 6. The van der Waals surface area contributed by atoms with Crippen LogP contribution in [-0.4, -0.2) is 28.4 Å². The fraction of sp³-hybridized carbons (Fsp3) is 0.400. The topological polar surface area (TPSA) is 105 Å². The molecule has 0 bridgehead atoms.